The summed E-state index contributed by atoms with van der Waals surface area (Å²) in [7, 11) is 3.16. The second-order valence-electron chi connectivity index (χ2n) is 26.1. The number of carbonyl (C=O) groups excluding carboxylic acids is 9. The molecule has 2 fully saturated rings. The zero-order valence-electron chi connectivity index (χ0n) is 55.8. The fraction of sp³-hybridized carbons (Fsp3) is 0.451. The van der Waals surface area contributed by atoms with Crippen molar-refractivity contribution in [1.82, 2.24) is 57.7 Å². The third-order valence-electron chi connectivity index (χ3n) is 17.8. The third kappa shape index (κ3) is 19.7. The summed E-state index contributed by atoms with van der Waals surface area (Å²) >= 11 is 0. The van der Waals surface area contributed by atoms with Gasteiger partial charge in [-0.1, -0.05) is 124 Å². The van der Waals surface area contributed by atoms with E-state index in [0.717, 1.165) is 21.5 Å². The van der Waals surface area contributed by atoms with Gasteiger partial charge in [-0.25, -0.2) is 9.59 Å². The van der Waals surface area contributed by atoms with Crippen LogP contribution in [0.25, 0.3) is 21.5 Å². The number of rotatable bonds is 14. The zero-order chi connectivity index (χ0) is 70.3. The smallest absolute Gasteiger partial charge is 0.326 e. The van der Waals surface area contributed by atoms with E-state index in [9.17, 15) is 53.4 Å². The van der Waals surface area contributed by atoms with Gasteiger partial charge in [-0.15, -0.1) is 0 Å². The predicted octanol–water partition coefficient (Wildman–Crippen LogP) is 2.18. The summed E-state index contributed by atoms with van der Waals surface area (Å²) in [5, 5.41) is 49.5. The van der Waals surface area contributed by atoms with Gasteiger partial charge in [-0.2, -0.15) is 0 Å². The summed E-state index contributed by atoms with van der Waals surface area (Å²) < 4.78 is 12.1. The van der Waals surface area contributed by atoms with E-state index in [4.69, 9.17) is 9.47 Å². The average molecular weight is 1340 g/mol. The summed E-state index contributed by atoms with van der Waals surface area (Å²) in [6, 6.07) is 18.9. The van der Waals surface area contributed by atoms with Gasteiger partial charge in [0.05, 0.1) is 24.8 Å². The van der Waals surface area contributed by atoms with Gasteiger partial charge in [0.2, 0.25) is 53.2 Å². The number of hydrogen-bond acceptors (Lipinski definition) is 15. The predicted molar refractivity (Wildman–Crippen MR) is 360 cm³/mol. The number of nitrogens with one attached hydrogen (secondary N) is 9. The molecule has 6 bridgehead atoms. The van der Waals surface area contributed by atoms with E-state index < -0.39 is 156 Å². The molecule has 0 unspecified atom stereocenters. The fourth-order valence-corrected chi connectivity index (χ4v) is 12.0. The molecule has 5 aromatic rings. The molecule has 0 aromatic heterocycles. The highest BCUT2D eigenvalue weighted by molar-refractivity contribution is 5.98. The van der Waals surface area contributed by atoms with Gasteiger partial charge in [0.1, 0.15) is 60.7 Å². The molecule has 4 aliphatic rings. The molecule has 26 nitrogen and oxygen atoms in total. The molecule has 0 saturated carbocycles. The maximum Gasteiger partial charge on any atom is 0.326 e. The number of hydrogen-bond donors (Lipinski definition) is 11. The molecule has 11 N–H and O–H groups in total. The van der Waals surface area contributed by atoms with Crippen LogP contribution < -0.4 is 52.6 Å². The molecule has 2 saturated heterocycles. The normalized spacial score (nSPS) is 23.6. The minimum Gasteiger partial charge on any atom is -0.490 e. The molecule has 0 radical (unpaired) electrons. The first-order valence-corrected chi connectivity index (χ1v) is 32.7. The monoisotopic (exact) mass is 1340 g/mol. The fourth-order valence-electron chi connectivity index (χ4n) is 12.0. The van der Waals surface area contributed by atoms with Gasteiger partial charge in [-0.3, -0.25) is 43.2 Å². The van der Waals surface area contributed by atoms with Gasteiger partial charge in [0, 0.05) is 51.2 Å². The van der Waals surface area contributed by atoms with Crippen molar-refractivity contribution in [3.05, 3.63) is 138 Å². The Morgan fingerprint density at radius 1 is 0.567 bits per heavy atom. The molecular formula is C71H89N11O15. The van der Waals surface area contributed by atoms with E-state index in [2.05, 4.69) is 47.9 Å². The molecule has 5 aromatic carbocycles. The number of nitrogens with zero attached hydrogens (tertiary/aromatic N) is 2. The lowest BCUT2D eigenvalue weighted by Crippen LogP contribution is -2.61. The van der Waals surface area contributed by atoms with E-state index in [-0.39, 0.29) is 58.4 Å². The summed E-state index contributed by atoms with van der Waals surface area (Å²) in [5.74, 6) is -8.91. The van der Waals surface area contributed by atoms with E-state index >= 15 is 9.59 Å². The Hall–Kier alpha value is -9.79. The molecular weight excluding hydrogens is 1250 g/mol. The Bertz CT molecular complexity index is 3750. The van der Waals surface area contributed by atoms with Crippen LogP contribution in [-0.2, 0) is 76.7 Å². The minimum absolute atomic E-state index is 0.0149. The van der Waals surface area contributed by atoms with Crippen LogP contribution in [0.2, 0.25) is 0 Å². The van der Waals surface area contributed by atoms with Crippen LogP contribution in [0.4, 0.5) is 0 Å². The summed E-state index contributed by atoms with van der Waals surface area (Å²) in [5.41, 5.74) is 0.739. The topological polar surface area (TPSA) is 361 Å². The van der Waals surface area contributed by atoms with Crippen molar-refractivity contribution in [1.29, 1.82) is 0 Å². The number of carboxylic acid groups (broad SMARTS) is 2. The van der Waals surface area contributed by atoms with Crippen LogP contribution in [-0.4, -0.2) is 198 Å². The Labute approximate surface area is 563 Å². The van der Waals surface area contributed by atoms with Crippen LogP contribution in [0.15, 0.2) is 121 Å². The molecule has 12 atom stereocenters. The minimum atomic E-state index is -1.72. The number of likely N-dealkylation sites (tertiary alicyclic amines) is 2. The molecule has 0 spiro atoms. The Balaban J connectivity index is 1.12. The SMILES string of the molecule is CN[C@@H](C)C(=O)N[C@@H](C)C(=O)N1C[C@@H]2C[C@H]1C(=O)N[C@@H](Cc1ccc3ccccc3c1)C(=O)N[C@H](C(=O)O)CCC(=O)N[C@H]1C[C@@H](C(=O)N[C@@H](Cc3ccc4ccccc4c3)C(=O)N[C@H](C(=O)O)Cc3ccc(cc3)OC/C=C/CO2)N(C(=O)[C@@H](NC(=O)[C@H](C)NC)C(C)(C)C)C1. The maximum atomic E-state index is 15.1. The van der Waals surface area contributed by atoms with Crippen molar-refractivity contribution in [3.63, 3.8) is 0 Å². The lowest BCUT2D eigenvalue weighted by atomic mass is 9.85. The third-order valence-corrected chi connectivity index (χ3v) is 17.8. The van der Waals surface area contributed by atoms with Gasteiger partial charge >= 0.3 is 11.9 Å². The number of likely N-dealkylation sites (N-methyl/N-ethyl adjacent to an activating group) is 2. The molecule has 9 rings (SSSR count). The Morgan fingerprint density at radius 2 is 1.07 bits per heavy atom. The van der Waals surface area contributed by atoms with Crippen molar-refractivity contribution >= 4 is 86.6 Å². The molecule has 4 aliphatic heterocycles. The van der Waals surface area contributed by atoms with Crippen LogP contribution in [0, 0.1) is 5.41 Å². The van der Waals surface area contributed by atoms with Gasteiger partial charge in [0.25, 0.3) is 0 Å². The van der Waals surface area contributed by atoms with Crippen LogP contribution >= 0.6 is 0 Å². The lowest BCUT2D eigenvalue weighted by molar-refractivity contribution is -0.145. The highest BCUT2D eigenvalue weighted by Crippen LogP contribution is 2.29. The Kier molecular flexibility index (Phi) is 25.0. The number of carbonyl (C=O) groups is 11. The highest BCUT2D eigenvalue weighted by atomic mass is 16.5. The molecule has 9 amide bonds. The first kappa shape index (κ1) is 73.0. The number of amides is 9. The van der Waals surface area contributed by atoms with Crippen molar-refractivity contribution < 1.29 is 72.4 Å². The van der Waals surface area contributed by atoms with Crippen molar-refractivity contribution in [2.24, 2.45) is 5.41 Å². The summed E-state index contributed by atoms with van der Waals surface area (Å²) in [6.07, 6.45) is 0.876. The maximum absolute atomic E-state index is 15.1. The standard InChI is InChI=1S/C71H89N11O15/c1-40(72-7)61(84)74-42(3)67(90)82-39-52-37-58(82)66(89)78-54(34-44-19-23-46-15-9-11-17-48(46)31-44)63(86)76-53(69(92)93)27-28-59(83)75-50-36-57(81(38-50)68(91)60(71(4,5)6)80-62(85)41(2)73-8)65(88)77-55(35-45-20-24-47-16-10-12-18-49(47)32-45)64(87)79-56(70(94)95)33-43-21-25-51(26-22-43)96-29-13-14-30-97-52/h9-26,31-32,40-42,50,52-58,60,72-73H,27-30,33-39H2,1-8H3,(H,74,84)(H,75,83)(H,76,86)(H,77,88)(H,78,89)(H,79,87)(H,80,85)(H,92,93)(H,94,95)/b14-13+/t40-,41-,42-,50-,52-,53-,54-,55-,56-,57-,58-,60+/m0/s1. The van der Waals surface area contributed by atoms with E-state index in [1.807, 2.05) is 72.8 Å². The molecule has 4 heterocycles. The number of carboxylic acids is 2. The van der Waals surface area contributed by atoms with E-state index in [0.29, 0.717) is 22.4 Å². The van der Waals surface area contributed by atoms with E-state index in [1.54, 1.807) is 97.3 Å². The summed E-state index contributed by atoms with van der Waals surface area (Å²) in [4.78, 5) is 158. The van der Waals surface area contributed by atoms with Crippen molar-refractivity contribution in [2.75, 3.05) is 40.4 Å². The first-order chi connectivity index (χ1) is 46.2. The van der Waals surface area contributed by atoms with Crippen molar-refractivity contribution in [2.45, 2.75) is 159 Å². The van der Waals surface area contributed by atoms with E-state index in [1.165, 1.54) is 16.7 Å². The molecule has 518 valence electrons. The largest absolute Gasteiger partial charge is 0.490 e. The number of benzene rings is 5. The second kappa shape index (κ2) is 33.2. The highest BCUT2D eigenvalue weighted by Gasteiger charge is 2.47. The average Bonchev–Trinajstić information content (AvgIpc) is 1.69. The Morgan fingerprint density at radius 3 is 1.61 bits per heavy atom. The van der Waals surface area contributed by atoms with Crippen LogP contribution in [0.3, 0.4) is 0 Å². The van der Waals surface area contributed by atoms with Gasteiger partial charge in [-0.05, 0) is 110 Å². The number of aliphatic carboxylic acids is 2. The molecule has 26 heteroatoms. The van der Waals surface area contributed by atoms with Gasteiger partial charge < -0.3 is 77.3 Å². The van der Waals surface area contributed by atoms with Crippen molar-refractivity contribution in [3.8, 4) is 5.75 Å². The van der Waals surface area contributed by atoms with Crippen LogP contribution in [0.5, 0.6) is 5.75 Å². The quantitative estimate of drug-likeness (QED) is 0.0710. The molecule has 97 heavy (non-hydrogen) atoms. The first-order valence-electron chi connectivity index (χ1n) is 32.7. The van der Waals surface area contributed by atoms with Crippen LogP contribution in [0.1, 0.15) is 83.9 Å². The molecule has 0 aliphatic carbocycles. The lowest BCUT2D eigenvalue weighted by Gasteiger charge is -2.36. The zero-order valence-corrected chi connectivity index (χ0v) is 55.8. The number of ether oxygens (including phenoxy) is 2. The number of fused-ring (bicyclic) bond motifs is 23. The summed E-state index contributed by atoms with van der Waals surface area (Å²) in [6.45, 7) is 9.55. The van der Waals surface area contributed by atoms with Gasteiger partial charge in [0.15, 0.2) is 0 Å². The second-order valence-corrected chi connectivity index (χ2v) is 26.1.